The minimum atomic E-state index is -1.13. The van der Waals surface area contributed by atoms with Gasteiger partial charge >= 0.3 is 6.09 Å². The maximum Gasteiger partial charge on any atom is 0.410 e. The van der Waals surface area contributed by atoms with E-state index < -0.39 is 17.9 Å². The number of ether oxygens (including phenoxy) is 1. The summed E-state index contributed by atoms with van der Waals surface area (Å²) in [7, 11) is 0. The minimum absolute atomic E-state index is 0.0495. The number of hydrogen-bond acceptors (Lipinski definition) is 3. The standard InChI is InChI=1S/C16H23FN2O2/c1-16(2,3)21-15(20)19-9-8-11(13(17)10-19)12-6-4-5-7-14(12)18/h4-7,11,13H,8-10,18H2,1-3H3. The predicted molar refractivity (Wildman–Crippen MR) is 80.9 cm³/mol. The number of anilines is 1. The number of likely N-dealkylation sites (tertiary alicyclic amines) is 1. The first-order chi connectivity index (χ1) is 9.78. The molecule has 0 aromatic heterocycles. The van der Waals surface area contributed by atoms with E-state index in [4.69, 9.17) is 10.5 Å². The molecule has 1 heterocycles. The number of alkyl halides is 1. The van der Waals surface area contributed by atoms with Crippen molar-refractivity contribution in [2.45, 2.75) is 44.9 Å². The van der Waals surface area contributed by atoms with Crippen LogP contribution in [0.15, 0.2) is 24.3 Å². The zero-order valence-corrected chi connectivity index (χ0v) is 12.8. The smallest absolute Gasteiger partial charge is 0.410 e. The van der Waals surface area contributed by atoms with Crippen LogP contribution in [0.4, 0.5) is 14.9 Å². The molecule has 0 bridgehead atoms. The van der Waals surface area contributed by atoms with Crippen LogP contribution < -0.4 is 5.73 Å². The van der Waals surface area contributed by atoms with E-state index in [1.807, 2.05) is 18.2 Å². The lowest BCUT2D eigenvalue weighted by molar-refractivity contribution is 0.0111. The van der Waals surface area contributed by atoms with E-state index >= 15 is 0 Å². The van der Waals surface area contributed by atoms with Crippen LogP contribution in [-0.2, 0) is 4.74 Å². The van der Waals surface area contributed by atoms with Crippen molar-refractivity contribution in [3.63, 3.8) is 0 Å². The number of carbonyl (C=O) groups excluding carboxylic acids is 1. The van der Waals surface area contributed by atoms with Gasteiger partial charge in [0.2, 0.25) is 0 Å². The van der Waals surface area contributed by atoms with Crippen LogP contribution in [0.5, 0.6) is 0 Å². The Morgan fingerprint density at radius 2 is 2.05 bits per heavy atom. The van der Waals surface area contributed by atoms with Gasteiger partial charge in [0.15, 0.2) is 0 Å². The Hall–Kier alpha value is -1.78. The van der Waals surface area contributed by atoms with Gasteiger partial charge in [0.05, 0.1) is 6.54 Å². The molecule has 0 spiro atoms. The van der Waals surface area contributed by atoms with Crippen molar-refractivity contribution < 1.29 is 13.9 Å². The number of benzene rings is 1. The Morgan fingerprint density at radius 3 is 2.62 bits per heavy atom. The summed E-state index contributed by atoms with van der Waals surface area (Å²) >= 11 is 0. The molecule has 5 heteroatoms. The maximum atomic E-state index is 14.5. The Bertz CT molecular complexity index is 513. The largest absolute Gasteiger partial charge is 0.444 e. The fourth-order valence-corrected chi connectivity index (χ4v) is 2.60. The molecule has 1 aromatic carbocycles. The third kappa shape index (κ3) is 3.86. The first-order valence-electron chi connectivity index (χ1n) is 7.24. The monoisotopic (exact) mass is 294 g/mol. The van der Waals surface area contributed by atoms with Crippen LogP contribution in [0.3, 0.4) is 0 Å². The molecular formula is C16H23FN2O2. The highest BCUT2D eigenvalue weighted by atomic mass is 19.1. The lowest BCUT2D eigenvalue weighted by Gasteiger charge is -2.36. The molecule has 0 aliphatic carbocycles. The van der Waals surface area contributed by atoms with E-state index in [2.05, 4.69) is 0 Å². The fourth-order valence-electron chi connectivity index (χ4n) is 2.60. The molecule has 4 nitrogen and oxygen atoms in total. The zero-order valence-electron chi connectivity index (χ0n) is 12.8. The quantitative estimate of drug-likeness (QED) is 0.808. The van der Waals surface area contributed by atoms with Crippen molar-refractivity contribution in [2.24, 2.45) is 0 Å². The van der Waals surface area contributed by atoms with Gasteiger partial charge in [-0.15, -0.1) is 0 Å². The second-order valence-electron chi connectivity index (χ2n) is 6.47. The number of hydrogen-bond donors (Lipinski definition) is 1. The minimum Gasteiger partial charge on any atom is -0.444 e. The van der Waals surface area contributed by atoms with Crippen LogP contribution in [0.2, 0.25) is 0 Å². The van der Waals surface area contributed by atoms with Crippen molar-refractivity contribution in [2.75, 3.05) is 18.8 Å². The van der Waals surface area contributed by atoms with Gasteiger partial charge in [0.1, 0.15) is 11.8 Å². The molecule has 2 unspecified atom stereocenters. The van der Waals surface area contributed by atoms with Crippen molar-refractivity contribution in [3.05, 3.63) is 29.8 Å². The Kier molecular flexibility index (Phi) is 4.40. The van der Waals surface area contributed by atoms with Gasteiger partial charge in [-0.2, -0.15) is 0 Å². The molecule has 2 rings (SSSR count). The predicted octanol–water partition coefficient (Wildman–Crippen LogP) is 3.33. The lowest BCUT2D eigenvalue weighted by atomic mass is 9.87. The molecule has 0 radical (unpaired) electrons. The number of amides is 1. The molecule has 21 heavy (non-hydrogen) atoms. The first kappa shape index (κ1) is 15.6. The average molecular weight is 294 g/mol. The second kappa shape index (κ2) is 5.92. The highest BCUT2D eigenvalue weighted by molar-refractivity contribution is 5.68. The van der Waals surface area contributed by atoms with Gasteiger partial charge < -0.3 is 15.4 Å². The number of para-hydroxylation sites is 1. The van der Waals surface area contributed by atoms with Crippen molar-refractivity contribution >= 4 is 11.8 Å². The third-order valence-corrected chi connectivity index (χ3v) is 3.59. The van der Waals surface area contributed by atoms with Gasteiger partial charge in [-0.1, -0.05) is 18.2 Å². The Balaban J connectivity index is 2.03. The molecular weight excluding hydrogens is 271 g/mol. The van der Waals surface area contributed by atoms with Crippen LogP contribution >= 0.6 is 0 Å². The average Bonchev–Trinajstić information content (AvgIpc) is 2.38. The van der Waals surface area contributed by atoms with Gasteiger partial charge in [0, 0.05) is 18.2 Å². The number of nitrogens with zero attached hydrogens (tertiary/aromatic N) is 1. The van der Waals surface area contributed by atoms with Crippen LogP contribution in [-0.4, -0.2) is 35.9 Å². The topological polar surface area (TPSA) is 55.6 Å². The fraction of sp³-hybridized carbons (Fsp3) is 0.562. The molecule has 1 amide bonds. The molecule has 0 saturated carbocycles. The summed E-state index contributed by atoms with van der Waals surface area (Å²) in [6, 6.07) is 7.33. The van der Waals surface area contributed by atoms with Crippen molar-refractivity contribution in [3.8, 4) is 0 Å². The van der Waals surface area contributed by atoms with Gasteiger partial charge in [0.25, 0.3) is 0 Å². The number of halogens is 1. The molecule has 1 aromatic rings. The first-order valence-corrected chi connectivity index (χ1v) is 7.24. The number of nitrogens with two attached hydrogens (primary N) is 1. The molecule has 116 valence electrons. The summed E-state index contributed by atoms with van der Waals surface area (Å²) < 4.78 is 19.7. The third-order valence-electron chi connectivity index (χ3n) is 3.59. The summed E-state index contributed by atoms with van der Waals surface area (Å²) in [5.41, 5.74) is 6.79. The number of carbonyl (C=O) groups is 1. The zero-order chi connectivity index (χ0) is 15.6. The molecule has 1 fully saturated rings. The van der Waals surface area contributed by atoms with Crippen molar-refractivity contribution in [1.29, 1.82) is 0 Å². The number of piperidine rings is 1. The summed E-state index contributed by atoms with van der Waals surface area (Å²) in [5.74, 6) is -0.259. The van der Waals surface area contributed by atoms with Gasteiger partial charge in [-0.3, -0.25) is 0 Å². The molecule has 1 aliphatic rings. The number of nitrogen functional groups attached to an aromatic ring is 1. The van der Waals surface area contributed by atoms with E-state index in [0.29, 0.717) is 18.7 Å². The van der Waals surface area contributed by atoms with E-state index in [-0.39, 0.29) is 12.5 Å². The van der Waals surface area contributed by atoms with Gasteiger partial charge in [-0.05, 0) is 38.8 Å². The Labute approximate surface area is 125 Å². The second-order valence-corrected chi connectivity index (χ2v) is 6.47. The molecule has 1 saturated heterocycles. The molecule has 2 N–H and O–H groups in total. The summed E-state index contributed by atoms with van der Waals surface area (Å²) in [4.78, 5) is 13.4. The summed E-state index contributed by atoms with van der Waals surface area (Å²) in [6.07, 6.45) is -1.03. The van der Waals surface area contributed by atoms with E-state index in [1.165, 1.54) is 4.90 Å². The highest BCUT2D eigenvalue weighted by Crippen LogP contribution is 2.34. The summed E-state index contributed by atoms with van der Waals surface area (Å²) in [6.45, 7) is 5.93. The van der Waals surface area contributed by atoms with Crippen LogP contribution in [0.1, 0.15) is 38.7 Å². The summed E-state index contributed by atoms with van der Waals surface area (Å²) in [5, 5.41) is 0. The normalized spacial score (nSPS) is 23.0. The SMILES string of the molecule is CC(C)(C)OC(=O)N1CCC(c2ccccc2N)C(F)C1. The van der Waals surface area contributed by atoms with Gasteiger partial charge in [-0.25, -0.2) is 9.18 Å². The highest BCUT2D eigenvalue weighted by Gasteiger charge is 2.35. The maximum absolute atomic E-state index is 14.5. The van der Waals surface area contributed by atoms with E-state index in [9.17, 15) is 9.18 Å². The van der Waals surface area contributed by atoms with Crippen LogP contribution in [0, 0.1) is 0 Å². The van der Waals surface area contributed by atoms with E-state index in [1.54, 1.807) is 26.8 Å². The van der Waals surface area contributed by atoms with E-state index in [0.717, 1.165) is 5.56 Å². The lowest BCUT2D eigenvalue weighted by Crippen LogP contribution is -2.46. The Morgan fingerprint density at radius 1 is 1.38 bits per heavy atom. The molecule has 1 aliphatic heterocycles. The molecule has 2 atom stereocenters. The van der Waals surface area contributed by atoms with Crippen LogP contribution in [0.25, 0.3) is 0 Å². The number of rotatable bonds is 1. The van der Waals surface area contributed by atoms with Crippen molar-refractivity contribution in [1.82, 2.24) is 4.90 Å².